The van der Waals surface area contributed by atoms with Crippen LogP contribution in [0, 0.1) is 15.9 Å². The molecule has 4 nitrogen and oxygen atoms in total. The molecule has 1 N–H and O–H groups in total. The van der Waals surface area contributed by atoms with Crippen LogP contribution in [0.1, 0.15) is 12.5 Å². The molecule has 0 bridgehead atoms. The molecule has 14 heavy (non-hydrogen) atoms. The predicted molar refractivity (Wildman–Crippen MR) is 48.4 cm³/mol. The highest BCUT2D eigenvalue weighted by atomic mass is 19.1. The van der Waals surface area contributed by atoms with Crippen LogP contribution in [0.2, 0.25) is 0 Å². The summed E-state index contributed by atoms with van der Waals surface area (Å²) >= 11 is 0. The van der Waals surface area contributed by atoms with Crippen LogP contribution in [0.5, 0.6) is 0 Å². The monoisotopic (exact) mass is 199 g/mol. The van der Waals surface area contributed by atoms with Gasteiger partial charge in [0.1, 0.15) is 5.82 Å². The lowest BCUT2D eigenvalue weighted by atomic mass is 10.1. The van der Waals surface area contributed by atoms with Crippen molar-refractivity contribution < 1.29 is 14.4 Å². The third-order valence-corrected chi connectivity index (χ3v) is 1.75. The summed E-state index contributed by atoms with van der Waals surface area (Å²) in [6.07, 6.45) is -0.649. The molecule has 0 heterocycles. The third kappa shape index (κ3) is 2.50. The number of aliphatic hydroxyl groups is 1. The Bertz CT molecular complexity index is 352. The van der Waals surface area contributed by atoms with Crippen LogP contribution in [0.4, 0.5) is 10.1 Å². The van der Waals surface area contributed by atoms with Gasteiger partial charge in [-0.15, -0.1) is 0 Å². The average Bonchev–Trinajstić information content (AvgIpc) is 2.01. The fourth-order valence-corrected chi connectivity index (χ4v) is 1.21. The first kappa shape index (κ1) is 10.6. The minimum Gasteiger partial charge on any atom is -0.393 e. The van der Waals surface area contributed by atoms with Crippen molar-refractivity contribution in [2.45, 2.75) is 19.4 Å². The van der Waals surface area contributed by atoms with Crippen molar-refractivity contribution in [3.8, 4) is 0 Å². The Kier molecular flexibility index (Phi) is 3.14. The average molecular weight is 199 g/mol. The van der Waals surface area contributed by atoms with E-state index >= 15 is 0 Å². The van der Waals surface area contributed by atoms with Crippen molar-refractivity contribution in [3.63, 3.8) is 0 Å². The Labute approximate surface area is 80.1 Å². The molecule has 76 valence electrons. The van der Waals surface area contributed by atoms with Crippen LogP contribution >= 0.6 is 0 Å². The standard InChI is InChI=1S/C9H10FNO3/c1-6(12)4-7-5-8(10)2-3-9(7)11(13)14/h2-3,5-6,12H,4H2,1H3/t6-/m0/s1. The van der Waals surface area contributed by atoms with Crippen molar-refractivity contribution in [1.29, 1.82) is 0 Å². The number of hydrogen-bond donors (Lipinski definition) is 1. The molecule has 0 aliphatic rings. The molecule has 0 aliphatic heterocycles. The topological polar surface area (TPSA) is 63.4 Å². The fraction of sp³-hybridized carbons (Fsp3) is 0.333. The molecule has 0 fully saturated rings. The van der Waals surface area contributed by atoms with E-state index in [2.05, 4.69) is 0 Å². The second kappa shape index (κ2) is 4.15. The van der Waals surface area contributed by atoms with Gasteiger partial charge in [-0.1, -0.05) is 0 Å². The Morgan fingerprint density at radius 1 is 1.64 bits per heavy atom. The summed E-state index contributed by atoms with van der Waals surface area (Å²) in [7, 11) is 0. The summed E-state index contributed by atoms with van der Waals surface area (Å²) in [5.74, 6) is -0.536. The largest absolute Gasteiger partial charge is 0.393 e. The van der Waals surface area contributed by atoms with Crippen molar-refractivity contribution in [2.75, 3.05) is 0 Å². The van der Waals surface area contributed by atoms with Gasteiger partial charge in [0.05, 0.1) is 11.0 Å². The molecular weight excluding hydrogens is 189 g/mol. The van der Waals surface area contributed by atoms with Gasteiger partial charge in [-0.2, -0.15) is 0 Å². The van der Waals surface area contributed by atoms with E-state index in [1.165, 1.54) is 6.92 Å². The number of nitro groups is 1. The number of hydrogen-bond acceptors (Lipinski definition) is 3. The molecule has 0 amide bonds. The minimum absolute atomic E-state index is 0.0775. The molecule has 1 aromatic carbocycles. The number of rotatable bonds is 3. The van der Waals surface area contributed by atoms with Crippen molar-refractivity contribution >= 4 is 5.69 Å². The lowest BCUT2D eigenvalue weighted by Crippen LogP contribution is -2.07. The molecule has 0 radical (unpaired) electrons. The molecule has 0 unspecified atom stereocenters. The number of benzene rings is 1. The van der Waals surface area contributed by atoms with Gasteiger partial charge < -0.3 is 5.11 Å². The summed E-state index contributed by atoms with van der Waals surface area (Å²) in [6.45, 7) is 1.49. The van der Waals surface area contributed by atoms with Gasteiger partial charge in [0, 0.05) is 18.1 Å². The highest BCUT2D eigenvalue weighted by Gasteiger charge is 2.15. The Morgan fingerprint density at radius 2 is 2.29 bits per heavy atom. The molecule has 0 spiro atoms. The summed E-state index contributed by atoms with van der Waals surface area (Å²) in [5.41, 5.74) is 0.0531. The maximum absolute atomic E-state index is 12.8. The van der Waals surface area contributed by atoms with Crippen LogP contribution in [0.15, 0.2) is 18.2 Å². The Balaban J connectivity index is 3.09. The van der Waals surface area contributed by atoms with E-state index in [0.717, 1.165) is 18.2 Å². The zero-order chi connectivity index (χ0) is 10.7. The minimum atomic E-state index is -0.726. The van der Waals surface area contributed by atoms with E-state index in [4.69, 9.17) is 5.11 Å². The molecule has 0 saturated carbocycles. The van der Waals surface area contributed by atoms with Crippen molar-refractivity contribution in [1.82, 2.24) is 0 Å². The lowest BCUT2D eigenvalue weighted by Gasteiger charge is -2.04. The Morgan fingerprint density at radius 3 is 2.79 bits per heavy atom. The van der Waals surface area contributed by atoms with E-state index in [1.807, 2.05) is 0 Å². The fourth-order valence-electron chi connectivity index (χ4n) is 1.21. The summed E-state index contributed by atoms with van der Waals surface area (Å²) < 4.78 is 12.8. The van der Waals surface area contributed by atoms with Crippen LogP contribution in [0.25, 0.3) is 0 Å². The second-order valence-corrected chi connectivity index (χ2v) is 3.08. The van der Waals surface area contributed by atoms with Crippen molar-refractivity contribution in [3.05, 3.63) is 39.7 Å². The van der Waals surface area contributed by atoms with Gasteiger partial charge in [-0.05, 0) is 19.1 Å². The first-order valence-electron chi connectivity index (χ1n) is 4.11. The first-order chi connectivity index (χ1) is 6.50. The predicted octanol–water partition coefficient (Wildman–Crippen LogP) is 1.66. The van der Waals surface area contributed by atoms with Gasteiger partial charge >= 0.3 is 0 Å². The van der Waals surface area contributed by atoms with Crippen LogP contribution < -0.4 is 0 Å². The highest BCUT2D eigenvalue weighted by Crippen LogP contribution is 2.20. The van der Waals surface area contributed by atoms with Crippen molar-refractivity contribution in [2.24, 2.45) is 0 Å². The normalized spacial score (nSPS) is 12.5. The molecule has 0 aromatic heterocycles. The second-order valence-electron chi connectivity index (χ2n) is 3.08. The van der Waals surface area contributed by atoms with Gasteiger partial charge in [-0.3, -0.25) is 10.1 Å². The molecule has 0 saturated heterocycles. The summed E-state index contributed by atoms with van der Waals surface area (Å²) in [6, 6.07) is 3.21. The summed E-state index contributed by atoms with van der Waals surface area (Å²) in [4.78, 5) is 9.93. The quantitative estimate of drug-likeness (QED) is 0.594. The molecule has 0 aliphatic carbocycles. The lowest BCUT2D eigenvalue weighted by molar-refractivity contribution is -0.385. The SMILES string of the molecule is C[C@H](O)Cc1cc(F)ccc1[N+](=O)[O-]. The van der Waals surface area contributed by atoms with E-state index in [0.29, 0.717) is 0 Å². The molecule has 5 heteroatoms. The maximum Gasteiger partial charge on any atom is 0.272 e. The van der Waals surface area contributed by atoms with Crippen LogP contribution in [-0.2, 0) is 6.42 Å². The Hall–Kier alpha value is -1.49. The molecule has 1 rings (SSSR count). The molecule has 1 aromatic rings. The summed E-state index contributed by atoms with van der Waals surface area (Å²) in [5, 5.41) is 19.6. The maximum atomic E-state index is 12.8. The first-order valence-corrected chi connectivity index (χ1v) is 4.11. The van der Waals surface area contributed by atoms with E-state index in [1.54, 1.807) is 0 Å². The van der Waals surface area contributed by atoms with E-state index < -0.39 is 16.8 Å². The number of halogens is 1. The van der Waals surface area contributed by atoms with Gasteiger partial charge in [0.15, 0.2) is 0 Å². The molecule has 1 atom stereocenters. The van der Waals surface area contributed by atoms with E-state index in [-0.39, 0.29) is 17.7 Å². The smallest absolute Gasteiger partial charge is 0.272 e. The number of aliphatic hydroxyl groups excluding tert-OH is 1. The van der Waals surface area contributed by atoms with Gasteiger partial charge in [-0.25, -0.2) is 4.39 Å². The van der Waals surface area contributed by atoms with E-state index in [9.17, 15) is 14.5 Å². The zero-order valence-electron chi connectivity index (χ0n) is 7.61. The number of nitro benzene ring substituents is 1. The van der Waals surface area contributed by atoms with Crippen LogP contribution in [0.3, 0.4) is 0 Å². The van der Waals surface area contributed by atoms with Gasteiger partial charge in [0.25, 0.3) is 5.69 Å². The van der Waals surface area contributed by atoms with Crippen LogP contribution in [-0.4, -0.2) is 16.1 Å². The molecular formula is C9H10FNO3. The highest BCUT2D eigenvalue weighted by molar-refractivity contribution is 5.40. The van der Waals surface area contributed by atoms with Gasteiger partial charge in [0.2, 0.25) is 0 Å². The zero-order valence-corrected chi connectivity index (χ0v) is 7.61. The third-order valence-electron chi connectivity index (χ3n) is 1.75. The number of nitrogens with zero attached hydrogens (tertiary/aromatic N) is 1.